The monoisotopic (exact) mass is 244 g/mol. The van der Waals surface area contributed by atoms with Gasteiger partial charge in [-0.25, -0.2) is 0 Å². The molecule has 1 aromatic rings. The number of carbonyl (C=O) groups excluding carboxylic acids is 1. The molecule has 1 atom stereocenters. The molecule has 1 aliphatic rings. The van der Waals surface area contributed by atoms with Crippen molar-refractivity contribution in [3.63, 3.8) is 0 Å². The van der Waals surface area contributed by atoms with Crippen molar-refractivity contribution in [2.75, 3.05) is 13.1 Å². The summed E-state index contributed by atoms with van der Waals surface area (Å²) in [4.78, 5) is 13.7. The molecule has 0 saturated carbocycles. The Kier molecular flexibility index (Phi) is 3.29. The van der Waals surface area contributed by atoms with Crippen molar-refractivity contribution in [1.29, 1.82) is 0 Å². The molecule has 2 heterocycles. The lowest BCUT2D eigenvalue weighted by Gasteiger charge is -2.12. The highest BCUT2D eigenvalue weighted by atomic mass is 35.5. The first-order valence-electron chi connectivity index (χ1n) is 4.92. The standard InChI is InChI=1S/C10H13ClN2OS/c1-6-4-7(11)10(15-6)8-5-9(14)13-3-2-12-8/h4,8,12H,2-3,5H2,1H3,(H,13,14). The van der Waals surface area contributed by atoms with Crippen LogP contribution in [0.5, 0.6) is 0 Å². The van der Waals surface area contributed by atoms with Gasteiger partial charge in [0.05, 0.1) is 11.1 Å². The number of hydrogen-bond acceptors (Lipinski definition) is 3. The Labute approximate surface area is 97.8 Å². The van der Waals surface area contributed by atoms with Crippen LogP contribution in [0.25, 0.3) is 0 Å². The average Bonchev–Trinajstić information content (AvgIpc) is 2.38. The van der Waals surface area contributed by atoms with E-state index in [9.17, 15) is 4.79 Å². The number of thiophene rings is 1. The molecule has 15 heavy (non-hydrogen) atoms. The summed E-state index contributed by atoms with van der Waals surface area (Å²) in [6.45, 7) is 3.51. The fourth-order valence-corrected chi connectivity index (χ4v) is 3.17. The highest BCUT2D eigenvalue weighted by Crippen LogP contribution is 2.33. The first kappa shape index (κ1) is 10.9. The van der Waals surface area contributed by atoms with Gasteiger partial charge in [-0.1, -0.05) is 11.6 Å². The molecule has 5 heteroatoms. The first-order valence-corrected chi connectivity index (χ1v) is 6.12. The van der Waals surface area contributed by atoms with E-state index in [0.717, 1.165) is 16.4 Å². The average molecular weight is 245 g/mol. The van der Waals surface area contributed by atoms with E-state index < -0.39 is 0 Å². The maximum Gasteiger partial charge on any atom is 0.221 e. The highest BCUT2D eigenvalue weighted by Gasteiger charge is 2.22. The summed E-state index contributed by atoms with van der Waals surface area (Å²) in [6.07, 6.45) is 0.472. The van der Waals surface area contributed by atoms with Gasteiger partial charge in [-0.2, -0.15) is 0 Å². The SMILES string of the molecule is Cc1cc(Cl)c(C2CC(=O)NCCN2)s1. The summed E-state index contributed by atoms with van der Waals surface area (Å²) in [5, 5.41) is 6.92. The third-order valence-corrected chi connectivity index (χ3v) is 3.97. The summed E-state index contributed by atoms with van der Waals surface area (Å²) < 4.78 is 0. The number of amides is 1. The molecule has 0 spiro atoms. The van der Waals surface area contributed by atoms with E-state index in [-0.39, 0.29) is 11.9 Å². The number of nitrogens with one attached hydrogen (secondary N) is 2. The number of hydrogen-bond donors (Lipinski definition) is 2. The minimum Gasteiger partial charge on any atom is -0.355 e. The smallest absolute Gasteiger partial charge is 0.221 e. The molecule has 0 aromatic carbocycles. The molecule has 1 unspecified atom stereocenters. The maximum absolute atomic E-state index is 11.4. The van der Waals surface area contributed by atoms with Crippen LogP contribution in [0, 0.1) is 6.92 Å². The second-order valence-corrected chi connectivity index (χ2v) is 5.33. The zero-order valence-corrected chi connectivity index (χ0v) is 10.0. The van der Waals surface area contributed by atoms with Gasteiger partial charge in [0.15, 0.2) is 0 Å². The molecule has 1 amide bonds. The molecule has 82 valence electrons. The van der Waals surface area contributed by atoms with Crippen molar-refractivity contribution in [2.24, 2.45) is 0 Å². The van der Waals surface area contributed by atoms with Crippen LogP contribution in [0.3, 0.4) is 0 Å². The van der Waals surface area contributed by atoms with Crippen molar-refractivity contribution >= 4 is 28.8 Å². The molecule has 1 aromatic heterocycles. The Balaban J connectivity index is 2.21. The van der Waals surface area contributed by atoms with Crippen molar-refractivity contribution in [2.45, 2.75) is 19.4 Å². The van der Waals surface area contributed by atoms with E-state index in [2.05, 4.69) is 10.6 Å². The van der Waals surface area contributed by atoms with Crippen LogP contribution in [0.15, 0.2) is 6.07 Å². The second-order valence-electron chi connectivity index (χ2n) is 3.63. The summed E-state index contributed by atoms with van der Waals surface area (Å²) in [5.41, 5.74) is 0. The van der Waals surface area contributed by atoms with Crippen molar-refractivity contribution in [1.82, 2.24) is 10.6 Å². The van der Waals surface area contributed by atoms with E-state index in [1.807, 2.05) is 13.0 Å². The topological polar surface area (TPSA) is 41.1 Å². The van der Waals surface area contributed by atoms with Crippen LogP contribution in [0.2, 0.25) is 5.02 Å². The van der Waals surface area contributed by atoms with Gasteiger partial charge < -0.3 is 10.6 Å². The van der Waals surface area contributed by atoms with Gasteiger partial charge >= 0.3 is 0 Å². The van der Waals surface area contributed by atoms with Crippen molar-refractivity contribution in [3.05, 3.63) is 20.8 Å². The van der Waals surface area contributed by atoms with Crippen LogP contribution >= 0.6 is 22.9 Å². The van der Waals surface area contributed by atoms with E-state index in [1.54, 1.807) is 11.3 Å². The highest BCUT2D eigenvalue weighted by molar-refractivity contribution is 7.12. The molecular weight excluding hydrogens is 232 g/mol. The molecular formula is C10H13ClN2OS. The largest absolute Gasteiger partial charge is 0.355 e. The quantitative estimate of drug-likeness (QED) is 0.792. The predicted molar refractivity (Wildman–Crippen MR) is 62.4 cm³/mol. The van der Waals surface area contributed by atoms with Gasteiger partial charge in [0.2, 0.25) is 5.91 Å². The fraction of sp³-hybridized carbons (Fsp3) is 0.500. The molecule has 0 bridgehead atoms. The van der Waals surface area contributed by atoms with E-state index in [0.29, 0.717) is 13.0 Å². The van der Waals surface area contributed by atoms with Crippen molar-refractivity contribution < 1.29 is 4.79 Å². The summed E-state index contributed by atoms with van der Waals surface area (Å²) >= 11 is 7.78. The van der Waals surface area contributed by atoms with Gasteiger partial charge in [0.1, 0.15) is 0 Å². The Morgan fingerprint density at radius 1 is 1.53 bits per heavy atom. The molecule has 1 fully saturated rings. The van der Waals surface area contributed by atoms with Crippen LogP contribution in [-0.4, -0.2) is 19.0 Å². The Bertz CT molecular complexity index is 377. The maximum atomic E-state index is 11.4. The van der Waals surface area contributed by atoms with Crippen LogP contribution in [0.4, 0.5) is 0 Å². The third-order valence-electron chi connectivity index (χ3n) is 2.38. The number of halogens is 1. The van der Waals surface area contributed by atoms with Gasteiger partial charge in [0.25, 0.3) is 0 Å². The minimum absolute atomic E-state index is 0.0682. The summed E-state index contributed by atoms with van der Waals surface area (Å²) in [7, 11) is 0. The Hall–Kier alpha value is -0.580. The molecule has 1 saturated heterocycles. The lowest BCUT2D eigenvalue weighted by molar-refractivity contribution is -0.121. The van der Waals surface area contributed by atoms with Crippen LogP contribution in [0.1, 0.15) is 22.2 Å². The number of rotatable bonds is 1. The minimum atomic E-state index is 0.0682. The molecule has 2 N–H and O–H groups in total. The van der Waals surface area contributed by atoms with Gasteiger partial charge in [-0.05, 0) is 13.0 Å². The lowest BCUT2D eigenvalue weighted by Crippen LogP contribution is -2.24. The van der Waals surface area contributed by atoms with Gasteiger partial charge in [0, 0.05) is 29.3 Å². The number of aryl methyl sites for hydroxylation is 1. The second kappa shape index (κ2) is 4.51. The molecule has 3 nitrogen and oxygen atoms in total. The lowest BCUT2D eigenvalue weighted by atomic mass is 10.1. The zero-order chi connectivity index (χ0) is 10.8. The van der Waals surface area contributed by atoms with Crippen molar-refractivity contribution in [3.8, 4) is 0 Å². The summed E-state index contributed by atoms with van der Waals surface area (Å²) in [5.74, 6) is 0.0899. The molecule has 0 radical (unpaired) electrons. The molecule has 0 aliphatic carbocycles. The van der Waals surface area contributed by atoms with Crippen LogP contribution < -0.4 is 10.6 Å². The molecule has 2 rings (SSSR count). The van der Waals surface area contributed by atoms with E-state index in [1.165, 1.54) is 4.88 Å². The van der Waals surface area contributed by atoms with E-state index in [4.69, 9.17) is 11.6 Å². The third kappa shape index (κ3) is 2.51. The Morgan fingerprint density at radius 2 is 2.33 bits per heavy atom. The number of carbonyl (C=O) groups is 1. The summed E-state index contributed by atoms with van der Waals surface area (Å²) in [6, 6.07) is 2.02. The normalized spacial score (nSPS) is 22.3. The predicted octanol–water partition coefficient (Wildman–Crippen LogP) is 1.86. The Morgan fingerprint density at radius 3 is 3.00 bits per heavy atom. The first-order chi connectivity index (χ1) is 7.16. The fourth-order valence-electron chi connectivity index (χ4n) is 1.70. The zero-order valence-electron chi connectivity index (χ0n) is 8.47. The van der Waals surface area contributed by atoms with E-state index >= 15 is 0 Å². The van der Waals surface area contributed by atoms with Gasteiger partial charge in [-0.3, -0.25) is 4.79 Å². The molecule has 1 aliphatic heterocycles. The van der Waals surface area contributed by atoms with Gasteiger partial charge in [-0.15, -0.1) is 11.3 Å². The van der Waals surface area contributed by atoms with Crippen LogP contribution in [-0.2, 0) is 4.79 Å².